The highest BCUT2D eigenvalue weighted by molar-refractivity contribution is 6.03. The summed E-state index contributed by atoms with van der Waals surface area (Å²) in [5, 5.41) is 14.7. The van der Waals surface area contributed by atoms with Crippen molar-refractivity contribution >= 4 is 23.1 Å². The van der Waals surface area contributed by atoms with E-state index in [1.807, 2.05) is 0 Å². The van der Waals surface area contributed by atoms with E-state index in [2.05, 4.69) is 26.7 Å². The highest BCUT2D eigenvalue weighted by Crippen LogP contribution is 2.29. The average Bonchev–Trinajstić information content (AvgIpc) is 2.74. The molecule has 3 aromatic rings. The van der Waals surface area contributed by atoms with Gasteiger partial charge in [-0.3, -0.25) is 4.79 Å². The first-order valence-electron chi connectivity index (χ1n) is 8.25. The van der Waals surface area contributed by atoms with Crippen molar-refractivity contribution in [2.45, 2.75) is 0 Å². The van der Waals surface area contributed by atoms with Crippen molar-refractivity contribution < 1.29 is 14.3 Å². The summed E-state index contributed by atoms with van der Waals surface area (Å²) < 4.78 is 10.4. The molecule has 8 heteroatoms. The van der Waals surface area contributed by atoms with E-state index < -0.39 is 5.91 Å². The molecule has 1 amide bonds. The molecular weight excluding hydrogens is 358 g/mol. The maximum atomic E-state index is 12.4. The van der Waals surface area contributed by atoms with E-state index >= 15 is 0 Å². The molecule has 0 bridgehead atoms. The van der Waals surface area contributed by atoms with Gasteiger partial charge in [-0.05, 0) is 30.3 Å². The molecule has 0 atom stereocenters. The lowest BCUT2D eigenvalue weighted by Gasteiger charge is -2.11. The van der Waals surface area contributed by atoms with Gasteiger partial charge in [-0.1, -0.05) is 6.07 Å². The van der Waals surface area contributed by atoms with E-state index in [1.54, 1.807) is 49.6 Å². The molecule has 0 radical (unpaired) electrons. The van der Waals surface area contributed by atoms with Crippen molar-refractivity contribution in [3.8, 4) is 17.6 Å². The molecule has 0 spiro atoms. The van der Waals surface area contributed by atoms with Crippen molar-refractivity contribution in [3.05, 3.63) is 66.1 Å². The van der Waals surface area contributed by atoms with Gasteiger partial charge >= 0.3 is 0 Å². The third-order valence-corrected chi connectivity index (χ3v) is 3.81. The summed E-state index contributed by atoms with van der Waals surface area (Å²) in [5.74, 6) is 1.12. The molecule has 0 aliphatic rings. The van der Waals surface area contributed by atoms with Gasteiger partial charge in [-0.25, -0.2) is 9.97 Å². The molecular formula is C20H17N5O3. The van der Waals surface area contributed by atoms with E-state index in [9.17, 15) is 4.79 Å². The predicted molar refractivity (Wildman–Crippen MR) is 104 cm³/mol. The number of benzene rings is 2. The summed E-state index contributed by atoms with van der Waals surface area (Å²) in [4.78, 5) is 20.8. The van der Waals surface area contributed by atoms with E-state index in [-0.39, 0.29) is 5.69 Å². The van der Waals surface area contributed by atoms with E-state index in [1.165, 1.54) is 19.5 Å². The largest absolute Gasteiger partial charge is 0.497 e. The van der Waals surface area contributed by atoms with Crippen molar-refractivity contribution in [1.29, 1.82) is 5.26 Å². The van der Waals surface area contributed by atoms with Crippen LogP contribution in [-0.4, -0.2) is 30.1 Å². The van der Waals surface area contributed by atoms with Crippen LogP contribution in [0.1, 0.15) is 16.1 Å². The molecule has 3 rings (SSSR count). The smallest absolute Gasteiger partial charge is 0.275 e. The molecule has 2 aromatic carbocycles. The second kappa shape index (κ2) is 8.51. The molecule has 8 nitrogen and oxygen atoms in total. The first-order valence-corrected chi connectivity index (χ1v) is 8.25. The fourth-order valence-corrected chi connectivity index (χ4v) is 2.41. The summed E-state index contributed by atoms with van der Waals surface area (Å²) in [6, 6.07) is 14.1. The SMILES string of the molecule is COc1ccc(NC(=O)c2cnc(Nc3cccc(C#N)c3)cn2)c(OC)c1. The van der Waals surface area contributed by atoms with Gasteiger partial charge in [0.1, 0.15) is 23.0 Å². The molecule has 1 heterocycles. The van der Waals surface area contributed by atoms with Crippen molar-refractivity contribution in [3.63, 3.8) is 0 Å². The summed E-state index contributed by atoms with van der Waals surface area (Å²) in [7, 11) is 3.06. The highest BCUT2D eigenvalue weighted by Gasteiger charge is 2.12. The lowest BCUT2D eigenvalue weighted by molar-refractivity contribution is 0.102. The number of anilines is 3. The van der Waals surface area contributed by atoms with Gasteiger partial charge in [0.25, 0.3) is 5.91 Å². The molecule has 28 heavy (non-hydrogen) atoms. The Hall–Kier alpha value is -4.12. The second-order valence-electron chi connectivity index (χ2n) is 5.62. The van der Waals surface area contributed by atoms with Crippen LogP contribution in [0.2, 0.25) is 0 Å². The number of ether oxygens (including phenoxy) is 2. The lowest BCUT2D eigenvalue weighted by atomic mass is 10.2. The minimum Gasteiger partial charge on any atom is -0.497 e. The Morgan fingerprint density at radius 2 is 1.93 bits per heavy atom. The number of nitriles is 1. The third-order valence-electron chi connectivity index (χ3n) is 3.81. The second-order valence-corrected chi connectivity index (χ2v) is 5.62. The average molecular weight is 375 g/mol. The van der Waals surface area contributed by atoms with Crippen LogP contribution in [-0.2, 0) is 0 Å². The zero-order chi connectivity index (χ0) is 19.9. The van der Waals surface area contributed by atoms with Gasteiger partial charge in [0.15, 0.2) is 0 Å². The van der Waals surface area contributed by atoms with Gasteiger partial charge in [-0.15, -0.1) is 0 Å². The van der Waals surface area contributed by atoms with Crippen LogP contribution in [0.15, 0.2) is 54.9 Å². The van der Waals surface area contributed by atoms with Crippen molar-refractivity contribution in [2.24, 2.45) is 0 Å². The molecule has 0 saturated carbocycles. The van der Waals surface area contributed by atoms with Gasteiger partial charge in [0.2, 0.25) is 0 Å². The Bertz CT molecular complexity index is 1030. The Morgan fingerprint density at radius 3 is 2.61 bits per heavy atom. The molecule has 0 saturated heterocycles. The van der Waals surface area contributed by atoms with Gasteiger partial charge in [-0.2, -0.15) is 5.26 Å². The first-order chi connectivity index (χ1) is 13.6. The van der Waals surface area contributed by atoms with Crippen LogP contribution in [0.4, 0.5) is 17.2 Å². The summed E-state index contributed by atoms with van der Waals surface area (Å²) in [6.45, 7) is 0. The Balaban J connectivity index is 1.71. The quantitative estimate of drug-likeness (QED) is 0.680. The van der Waals surface area contributed by atoms with E-state index in [0.717, 1.165) is 0 Å². The minimum absolute atomic E-state index is 0.147. The van der Waals surface area contributed by atoms with Crippen LogP contribution in [0.25, 0.3) is 0 Å². The minimum atomic E-state index is -0.422. The van der Waals surface area contributed by atoms with E-state index in [4.69, 9.17) is 14.7 Å². The number of hydrogen-bond acceptors (Lipinski definition) is 7. The molecule has 0 aliphatic heterocycles. The number of hydrogen-bond donors (Lipinski definition) is 2. The fraction of sp³-hybridized carbons (Fsp3) is 0.100. The Morgan fingerprint density at radius 1 is 1.07 bits per heavy atom. The summed E-state index contributed by atoms with van der Waals surface area (Å²) in [6.07, 6.45) is 2.81. The standard InChI is InChI=1S/C20H17N5O3/c1-27-15-6-7-16(18(9-15)28-2)25-20(26)17-11-23-19(12-22-17)24-14-5-3-4-13(8-14)10-21/h3-9,11-12H,1-2H3,(H,23,24)(H,25,26). The highest BCUT2D eigenvalue weighted by atomic mass is 16.5. The van der Waals surface area contributed by atoms with Gasteiger partial charge in [0, 0.05) is 11.8 Å². The molecule has 140 valence electrons. The van der Waals surface area contributed by atoms with Gasteiger partial charge in [0.05, 0.1) is 43.9 Å². The van der Waals surface area contributed by atoms with Crippen molar-refractivity contribution in [1.82, 2.24) is 9.97 Å². The van der Waals surface area contributed by atoms with Crippen molar-refractivity contribution in [2.75, 3.05) is 24.9 Å². The number of nitrogens with zero attached hydrogens (tertiary/aromatic N) is 3. The van der Waals surface area contributed by atoms with Crippen LogP contribution >= 0.6 is 0 Å². The number of rotatable bonds is 6. The number of carbonyl (C=O) groups is 1. The number of methoxy groups -OCH3 is 2. The predicted octanol–water partition coefficient (Wildman–Crippen LogP) is 3.36. The van der Waals surface area contributed by atoms with Crippen LogP contribution in [0.5, 0.6) is 11.5 Å². The number of amides is 1. The number of nitrogens with one attached hydrogen (secondary N) is 2. The Kier molecular flexibility index (Phi) is 5.67. The molecule has 0 fully saturated rings. The molecule has 0 unspecified atom stereocenters. The zero-order valence-electron chi connectivity index (χ0n) is 15.3. The summed E-state index contributed by atoms with van der Waals surface area (Å²) in [5.41, 5.74) is 1.87. The van der Waals surface area contributed by atoms with Gasteiger partial charge < -0.3 is 20.1 Å². The molecule has 0 aliphatic carbocycles. The van der Waals surface area contributed by atoms with E-state index in [0.29, 0.717) is 34.3 Å². The third kappa shape index (κ3) is 4.34. The normalized spacial score (nSPS) is 9.89. The molecule has 2 N–H and O–H groups in total. The number of carbonyl (C=O) groups excluding carboxylic acids is 1. The maximum Gasteiger partial charge on any atom is 0.275 e. The number of aromatic nitrogens is 2. The monoisotopic (exact) mass is 375 g/mol. The lowest BCUT2D eigenvalue weighted by Crippen LogP contribution is -2.15. The zero-order valence-corrected chi connectivity index (χ0v) is 15.3. The molecule has 1 aromatic heterocycles. The topological polar surface area (TPSA) is 109 Å². The summed E-state index contributed by atoms with van der Waals surface area (Å²) >= 11 is 0. The Labute approximate surface area is 161 Å². The van der Waals surface area contributed by atoms with Crippen LogP contribution in [0.3, 0.4) is 0 Å². The van der Waals surface area contributed by atoms with Crippen LogP contribution in [0, 0.1) is 11.3 Å². The maximum absolute atomic E-state index is 12.4. The fourth-order valence-electron chi connectivity index (χ4n) is 2.41. The first kappa shape index (κ1) is 18.7. The van der Waals surface area contributed by atoms with Crippen LogP contribution < -0.4 is 20.1 Å².